The number of hydrogen-bond donors (Lipinski definition) is 0. The van der Waals surface area contributed by atoms with Gasteiger partial charge >= 0.3 is 0 Å². The van der Waals surface area contributed by atoms with Crippen molar-refractivity contribution in [3.63, 3.8) is 0 Å². The molecule has 0 saturated heterocycles. The summed E-state index contributed by atoms with van der Waals surface area (Å²) in [4.78, 5) is -0.898. The molecule has 1 aliphatic carbocycles. The third kappa shape index (κ3) is 3.57. The number of hydrogen-bond acceptors (Lipinski definition) is 0. The highest BCUT2D eigenvalue weighted by molar-refractivity contribution is 6.32. The van der Waals surface area contributed by atoms with Crippen molar-refractivity contribution in [2.45, 2.75) is 10.3 Å². The summed E-state index contributed by atoms with van der Waals surface area (Å²) in [5.74, 6) is 0. The highest BCUT2D eigenvalue weighted by Crippen LogP contribution is 2.72. The molecule has 1 unspecified atom stereocenters. The number of alkyl halides is 1. The quantitative estimate of drug-likeness (QED) is 0.181. The Morgan fingerprint density at radius 3 is 1.07 bits per heavy atom. The summed E-state index contributed by atoms with van der Waals surface area (Å²) in [6.45, 7) is 0. The predicted molar refractivity (Wildman–Crippen MR) is 181 cm³/mol. The Labute approximate surface area is 257 Å². The van der Waals surface area contributed by atoms with Crippen molar-refractivity contribution >= 4 is 22.4 Å². The Kier molecular flexibility index (Phi) is 6.07. The molecule has 1 atom stereocenters. The molecule has 43 heavy (non-hydrogen) atoms. The molecule has 0 spiro atoms. The third-order valence-electron chi connectivity index (χ3n) is 9.16. The van der Waals surface area contributed by atoms with Gasteiger partial charge in [0.25, 0.3) is 0 Å². The minimum absolute atomic E-state index is 0.674. The van der Waals surface area contributed by atoms with Gasteiger partial charge < -0.3 is 0 Å². The topological polar surface area (TPSA) is 0 Å². The molecule has 0 fully saturated rings. The van der Waals surface area contributed by atoms with Gasteiger partial charge in [-0.15, -0.1) is 11.6 Å². The molecule has 0 saturated carbocycles. The van der Waals surface area contributed by atoms with Gasteiger partial charge in [0.15, 0.2) is 0 Å². The maximum absolute atomic E-state index is 8.47. The SMILES string of the molecule is ClC1(c2ccccc2)c2c(c(-c3ccccc3)c3ccccc3c2-c2ccccc2)C1(c1ccccc1)c1ccccc1. The smallest absolute Gasteiger partial charge is 0.107 e. The van der Waals surface area contributed by atoms with Gasteiger partial charge in [-0.1, -0.05) is 176 Å². The zero-order chi connectivity index (χ0) is 28.9. The molecular weight excluding hydrogens is 540 g/mol. The molecule has 204 valence electrons. The molecule has 8 rings (SSSR count). The first kappa shape index (κ1) is 25.8. The molecular formula is C42H29Cl. The molecule has 1 heteroatoms. The fourth-order valence-electron chi connectivity index (χ4n) is 7.52. The summed E-state index contributed by atoms with van der Waals surface area (Å²) in [7, 11) is 0. The van der Waals surface area contributed by atoms with Gasteiger partial charge in [0.1, 0.15) is 4.87 Å². The van der Waals surface area contributed by atoms with E-state index in [9.17, 15) is 0 Å². The largest absolute Gasteiger partial charge is 0.113 e. The van der Waals surface area contributed by atoms with E-state index in [1.807, 2.05) is 0 Å². The minimum Gasteiger partial charge on any atom is -0.107 e. The van der Waals surface area contributed by atoms with Crippen molar-refractivity contribution in [2.75, 3.05) is 0 Å². The highest BCUT2D eigenvalue weighted by atomic mass is 35.5. The van der Waals surface area contributed by atoms with Crippen LogP contribution in [0.15, 0.2) is 176 Å². The van der Waals surface area contributed by atoms with E-state index in [1.54, 1.807) is 0 Å². The summed E-state index contributed by atoms with van der Waals surface area (Å²) < 4.78 is 0. The van der Waals surface area contributed by atoms with Crippen molar-refractivity contribution in [1.82, 2.24) is 0 Å². The van der Waals surface area contributed by atoms with Crippen LogP contribution in [0.1, 0.15) is 27.8 Å². The Morgan fingerprint density at radius 1 is 0.326 bits per heavy atom. The second-order valence-corrected chi connectivity index (χ2v) is 11.9. The Hall–Kier alpha value is -4.91. The van der Waals surface area contributed by atoms with Crippen LogP contribution >= 0.6 is 11.6 Å². The van der Waals surface area contributed by atoms with Gasteiger partial charge in [-0.25, -0.2) is 0 Å². The number of halogens is 1. The first-order valence-corrected chi connectivity index (χ1v) is 15.2. The number of fused-ring (bicyclic) bond motifs is 2. The van der Waals surface area contributed by atoms with Crippen molar-refractivity contribution in [3.05, 3.63) is 204 Å². The Bertz CT molecular complexity index is 2010. The van der Waals surface area contributed by atoms with E-state index >= 15 is 0 Å². The van der Waals surface area contributed by atoms with E-state index < -0.39 is 10.3 Å². The van der Waals surface area contributed by atoms with Crippen LogP contribution < -0.4 is 0 Å². The lowest BCUT2D eigenvalue weighted by molar-refractivity contribution is 0.415. The fourth-order valence-corrected chi connectivity index (χ4v) is 8.15. The number of rotatable bonds is 5. The molecule has 0 bridgehead atoms. The van der Waals surface area contributed by atoms with E-state index in [2.05, 4.69) is 176 Å². The molecule has 0 aliphatic heterocycles. The zero-order valence-corrected chi connectivity index (χ0v) is 24.4. The summed E-state index contributed by atoms with van der Waals surface area (Å²) in [6.07, 6.45) is 0. The standard InChI is InChI=1S/C42H29Cl/c43-42(34-26-14-5-15-27-34)40-38(31-20-8-2-9-21-31)36-29-17-16-28-35(36)37(30-18-6-1-7-19-30)39(40)41(42,32-22-10-3-11-23-32)33-24-12-4-13-25-33/h1-29H. The number of benzene rings is 7. The lowest BCUT2D eigenvalue weighted by Crippen LogP contribution is -2.58. The maximum Gasteiger partial charge on any atom is 0.113 e. The van der Waals surface area contributed by atoms with Crippen molar-refractivity contribution in [3.8, 4) is 22.3 Å². The molecule has 0 heterocycles. The molecule has 0 N–H and O–H groups in total. The average molecular weight is 569 g/mol. The third-order valence-corrected chi connectivity index (χ3v) is 9.85. The molecule has 0 aromatic heterocycles. The highest BCUT2D eigenvalue weighted by Gasteiger charge is 2.67. The molecule has 0 radical (unpaired) electrons. The van der Waals surface area contributed by atoms with Crippen LogP contribution in [-0.2, 0) is 10.3 Å². The van der Waals surface area contributed by atoms with E-state index in [4.69, 9.17) is 11.6 Å². The van der Waals surface area contributed by atoms with Gasteiger partial charge in [-0.2, -0.15) is 0 Å². The van der Waals surface area contributed by atoms with Gasteiger partial charge in [0.05, 0.1) is 5.41 Å². The van der Waals surface area contributed by atoms with Gasteiger partial charge in [-0.3, -0.25) is 0 Å². The molecule has 7 aromatic carbocycles. The van der Waals surface area contributed by atoms with Crippen molar-refractivity contribution < 1.29 is 0 Å². The summed E-state index contributed by atoms with van der Waals surface area (Å²) in [5.41, 5.74) is 10.0. The second-order valence-electron chi connectivity index (χ2n) is 11.3. The summed E-state index contributed by atoms with van der Waals surface area (Å²) >= 11 is 8.47. The lowest BCUT2D eigenvalue weighted by Gasteiger charge is -2.60. The van der Waals surface area contributed by atoms with Crippen LogP contribution in [0.5, 0.6) is 0 Å². The van der Waals surface area contributed by atoms with Crippen LogP contribution in [0, 0.1) is 0 Å². The first-order chi connectivity index (χ1) is 21.3. The van der Waals surface area contributed by atoms with Gasteiger partial charge in [0, 0.05) is 0 Å². The molecule has 0 amide bonds. The Balaban J connectivity index is 1.68. The van der Waals surface area contributed by atoms with E-state index in [1.165, 1.54) is 55.3 Å². The fraction of sp³-hybridized carbons (Fsp3) is 0.0476. The predicted octanol–water partition coefficient (Wildman–Crippen LogP) is 11.0. The Morgan fingerprint density at radius 2 is 0.651 bits per heavy atom. The molecule has 1 aliphatic rings. The first-order valence-electron chi connectivity index (χ1n) is 14.8. The lowest BCUT2D eigenvalue weighted by atomic mass is 9.45. The zero-order valence-electron chi connectivity index (χ0n) is 23.6. The minimum atomic E-state index is -0.898. The van der Waals surface area contributed by atoms with Crippen molar-refractivity contribution in [2.24, 2.45) is 0 Å². The van der Waals surface area contributed by atoms with Crippen LogP contribution in [0.2, 0.25) is 0 Å². The molecule has 7 aromatic rings. The maximum atomic E-state index is 8.47. The van der Waals surface area contributed by atoms with Crippen LogP contribution in [0.4, 0.5) is 0 Å². The van der Waals surface area contributed by atoms with Gasteiger partial charge in [0.2, 0.25) is 0 Å². The summed E-state index contributed by atoms with van der Waals surface area (Å²) in [5, 5.41) is 2.44. The van der Waals surface area contributed by atoms with Crippen LogP contribution in [0.3, 0.4) is 0 Å². The van der Waals surface area contributed by atoms with E-state index in [0.717, 1.165) is 5.56 Å². The average Bonchev–Trinajstić information content (AvgIpc) is 3.09. The monoisotopic (exact) mass is 568 g/mol. The van der Waals surface area contributed by atoms with E-state index in [-0.39, 0.29) is 0 Å². The van der Waals surface area contributed by atoms with Gasteiger partial charge in [-0.05, 0) is 60.8 Å². The summed E-state index contributed by atoms with van der Waals surface area (Å²) in [6, 6.07) is 62.9. The molecule has 0 nitrogen and oxygen atoms in total. The van der Waals surface area contributed by atoms with E-state index in [0.29, 0.717) is 0 Å². The normalized spacial score (nSPS) is 16.8. The van der Waals surface area contributed by atoms with Crippen molar-refractivity contribution in [1.29, 1.82) is 0 Å². The van der Waals surface area contributed by atoms with Crippen LogP contribution in [0.25, 0.3) is 33.0 Å². The van der Waals surface area contributed by atoms with Crippen LogP contribution in [-0.4, -0.2) is 0 Å². The second kappa shape index (κ2) is 10.1.